The summed E-state index contributed by atoms with van der Waals surface area (Å²) in [6.45, 7) is 16.3. The largest absolute Gasteiger partial charge is 0.384 e. The normalized spacial score (nSPS) is 15.0. The van der Waals surface area contributed by atoms with E-state index in [4.69, 9.17) is 9.72 Å². The molecule has 1 aromatic heterocycles. The zero-order valence-electron chi connectivity index (χ0n) is 19.4. The maximum Gasteiger partial charge on any atom is 0.0726 e. The number of rotatable bonds is 9. The number of benzene rings is 1. The molecule has 0 spiro atoms. The van der Waals surface area contributed by atoms with E-state index in [1.54, 1.807) is 0 Å². The number of aromatic nitrogens is 1. The zero-order valence-corrected chi connectivity index (χ0v) is 19.4. The number of nitrogens with zero attached hydrogens (tertiary/aromatic N) is 1. The molecule has 0 saturated heterocycles. The molecule has 1 aliphatic rings. The maximum absolute atomic E-state index is 6.20. The van der Waals surface area contributed by atoms with Crippen molar-refractivity contribution in [1.29, 1.82) is 0 Å². The van der Waals surface area contributed by atoms with E-state index >= 15 is 0 Å². The van der Waals surface area contributed by atoms with Crippen molar-refractivity contribution < 1.29 is 4.74 Å². The fourth-order valence-corrected chi connectivity index (χ4v) is 4.72. The quantitative estimate of drug-likeness (QED) is 0.516. The summed E-state index contributed by atoms with van der Waals surface area (Å²) < 4.78 is 6.20. The number of ether oxygens (including phenoxy) is 1. The number of nitrogens with one attached hydrogen (secondary N) is 1. The van der Waals surface area contributed by atoms with Gasteiger partial charge < -0.3 is 10.1 Å². The fraction of sp³-hybridized carbons (Fsp3) is 0.654. The van der Waals surface area contributed by atoms with Crippen LogP contribution in [0.15, 0.2) is 24.3 Å². The molecule has 3 rings (SSSR count). The SMILES string of the molecule is CC(C)CC(C)(C)COCC(C)(C)CNc1c2c(nc3ccccc13)CCCC2. The molecule has 2 aromatic rings. The summed E-state index contributed by atoms with van der Waals surface area (Å²) in [4.78, 5) is 4.96. The van der Waals surface area contributed by atoms with Gasteiger partial charge in [-0.1, -0.05) is 59.7 Å². The van der Waals surface area contributed by atoms with E-state index in [2.05, 4.69) is 71.1 Å². The van der Waals surface area contributed by atoms with E-state index < -0.39 is 0 Å². The third-order valence-corrected chi connectivity index (χ3v) is 5.86. The van der Waals surface area contributed by atoms with Gasteiger partial charge >= 0.3 is 0 Å². The van der Waals surface area contributed by atoms with E-state index in [9.17, 15) is 0 Å². The van der Waals surface area contributed by atoms with Gasteiger partial charge in [0.15, 0.2) is 0 Å². The number of aryl methyl sites for hydroxylation is 1. The molecule has 0 bridgehead atoms. The molecule has 1 aromatic carbocycles. The van der Waals surface area contributed by atoms with Crippen LogP contribution in [-0.2, 0) is 17.6 Å². The number of hydrogen-bond donors (Lipinski definition) is 1. The summed E-state index contributed by atoms with van der Waals surface area (Å²) in [6.07, 6.45) is 5.95. The van der Waals surface area contributed by atoms with Crippen LogP contribution in [0.1, 0.15) is 72.1 Å². The molecule has 3 heteroatoms. The monoisotopic (exact) mass is 396 g/mol. The van der Waals surface area contributed by atoms with Crippen LogP contribution < -0.4 is 5.32 Å². The topological polar surface area (TPSA) is 34.1 Å². The fourth-order valence-electron chi connectivity index (χ4n) is 4.72. The third kappa shape index (κ3) is 5.94. The predicted molar refractivity (Wildman–Crippen MR) is 125 cm³/mol. The first-order valence-electron chi connectivity index (χ1n) is 11.4. The zero-order chi connectivity index (χ0) is 21.1. The van der Waals surface area contributed by atoms with Gasteiger partial charge in [0.1, 0.15) is 0 Å². The number of anilines is 1. The lowest BCUT2D eigenvalue weighted by Gasteiger charge is -2.31. The van der Waals surface area contributed by atoms with Crippen LogP contribution in [0, 0.1) is 16.7 Å². The molecule has 160 valence electrons. The number of fused-ring (bicyclic) bond motifs is 2. The Morgan fingerprint density at radius 2 is 1.69 bits per heavy atom. The van der Waals surface area contributed by atoms with Gasteiger partial charge in [-0.3, -0.25) is 4.98 Å². The molecule has 3 nitrogen and oxygen atoms in total. The molecule has 29 heavy (non-hydrogen) atoms. The predicted octanol–water partition coefficient (Wildman–Crippen LogP) is 6.64. The van der Waals surface area contributed by atoms with E-state index in [0.29, 0.717) is 5.92 Å². The third-order valence-electron chi connectivity index (χ3n) is 5.86. The second-order valence-corrected chi connectivity index (χ2v) is 10.9. The minimum Gasteiger partial charge on any atom is -0.384 e. The Bertz CT molecular complexity index is 823. The minimum atomic E-state index is 0.0693. The highest BCUT2D eigenvalue weighted by molar-refractivity contribution is 5.93. The highest BCUT2D eigenvalue weighted by atomic mass is 16.5. The van der Waals surface area contributed by atoms with Crippen molar-refractivity contribution in [3.8, 4) is 0 Å². The molecule has 0 fully saturated rings. The molecular formula is C26H40N2O. The van der Waals surface area contributed by atoms with Crippen molar-refractivity contribution in [2.45, 2.75) is 73.6 Å². The summed E-state index contributed by atoms with van der Waals surface area (Å²) in [7, 11) is 0. The smallest absolute Gasteiger partial charge is 0.0726 e. The van der Waals surface area contributed by atoms with Gasteiger partial charge in [-0.05, 0) is 55.1 Å². The van der Waals surface area contributed by atoms with Crippen molar-refractivity contribution in [3.05, 3.63) is 35.5 Å². The molecule has 0 amide bonds. The average Bonchev–Trinajstić information content (AvgIpc) is 2.63. The summed E-state index contributed by atoms with van der Waals surface area (Å²) in [5.41, 5.74) is 5.45. The van der Waals surface area contributed by atoms with Crippen LogP contribution in [0.2, 0.25) is 0 Å². The molecule has 0 atom stereocenters. The highest BCUT2D eigenvalue weighted by Crippen LogP contribution is 2.34. The maximum atomic E-state index is 6.20. The van der Waals surface area contributed by atoms with Gasteiger partial charge in [-0.15, -0.1) is 0 Å². The molecule has 1 N–H and O–H groups in total. The van der Waals surface area contributed by atoms with Gasteiger partial charge in [0.2, 0.25) is 0 Å². The van der Waals surface area contributed by atoms with Crippen LogP contribution in [0.4, 0.5) is 5.69 Å². The van der Waals surface area contributed by atoms with Crippen molar-refractivity contribution in [3.63, 3.8) is 0 Å². The van der Waals surface area contributed by atoms with Gasteiger partial charge in [0.25, 0.3) is 0 Å². The lowest BCUT2D eigenvalue weighted by Crippen LogP contribution is -2.31. The Morgan fingerprint density at radius 1 is 1.00 bits per heavy atom. The van der Waals surface area contributed by atoms with E-state index in [1.165, 1.54) is 41.6 Å². The van der Waals surface area contributed by atoms with E-state index in [-0.39, 0.29) is 10.8 Å². The molecule has 0 saturated carbocycles. The Morgan fingerprint density at radius 3 is 2.45 bits per heavy atom. The lowest BCUT2D eigenvalue weighted by atomic mass is 9.85. The van der Waals surface area contributed by atoms with Crippen LogP contribution in [0.25, 0.3) is 10.9 Å². The summed E-state index contributed by atoms with van der Waals surface area (Å²) in [5, 5.41) is 5.07. The number of pyridine rings is 1. The Hall–Kier alpha value is -1.61. The first-order chi connectivity index (χ1) is 13.7. The van der Waals surface area contributed by atoms with Crippen molar-refractivity contribution in [2.75, 3.05) is 25.1 Å². The second kappa shape index (κ2) is 9.04. The van der Waals surface area contributed by atoms with Crippen molar-refractivity contribution in [2.24, 2.45) is 16.7 Å². The molecule has 0 aliphatic heterocycles. The van der Waals surface area contributed by atoms with Crippen LogP contribution >= 0.6 is 0 Å². The first-order valence-corrected chi connectivity index (χ1v) is 11.4. The van der Waals surface area contributed by atoms with E-state index in [1.807, 2.05) is 0 Å². The Labute approximate surface area is 177 Å². The molecule has 0 unspecified atom stereocenters. The van der Waals surface area contributed by atoms with Crippen molar-refractivity contribution in [1.82, 2.24) is 4.98 Å². The summed E-state index contributed by atoms with van der Waals surface area (Å²) in [5.74, 6) is 0.703. The van der Waals surface area contributed by atoms with Gasteiger partial charge in [-0.2, -0.15) is 0 Å². The minimum absolute atomic E-state index is 0.0693. The number of hydrogen-bond acceptors (Lipinski definition) is 3. The van der Waals surface area contributed by atoms with Gasteiger partial charge in [0.05, 0.1) is 18.7 Å². The highest BCUT2D eigenvalue weighted by Gasteiger charge is 2.25. The molecule has 1 aliphatic carbocycles. The van der Waals surface area contributed by atoms with Crippen LogP contribution in [0.5, 0.6) is 0 Å². The lowest BCUT2D eigenvalue weighted by molar-refractivity contribution is 0.0122. The second-order valence-electron chi connectivity index (χ2n) is 10.9. The summed E-state index contributed by atoms with van der Waals surface area (Å²) >= 11 is 0. The molecule has 0 radical (unpaired) electrons. The van der Waals surface area contributed by atoms with Crippen molar-refractivity contribution >= 4 is 16.6 Å². The van der Waals surface area contributed by atoms with Gasteiger partial charge in [-0.25, -0.2) is 0 Å². The standard InChI is InChI=1S/C26H40N2O/c1-19(2)15-25(3,4)17-29-18-26(5,6)16-27-24-20-11-7-9-13-22(20)28-23-14-10-8-12-21(23)24/h7,9,11,13,19H,8,10,12,14-18H2,1-6H3,(H,27,28). The van der Waals surface area contributed by atoms with Gasteiger partial charge in [0, 0.05) is 28.7 Å². The first kappa shape index (κ1) is 22.1. The van der Waals surface area contributed by atoms with E-state index in [0.717, 1.165) is 38.1 Å². The number of para-hydroxylation sites is 1. The average molecular weight is 397 g/mol. The van der Waals surface area contributed by atoms with Crippen LogP contribution in [-0.4, -0.2) is 24.7 Å². The molecule has 1 heterocycles. The Balaban J connectivity index is 1.68. The molecular weight excluding hydrogens is 356 g/mol. The Kier molecular flexibility index (Phi) is 6.88. The van der Waals surface area contributed by atoms with Crippen LogP contribution in [0.3, 0.4) is 0 Å². The summed E-state index contributed by atoms with van der Waals surface area (Å²) in [6, 6.07) is 8.55.